The molecule has 0 aliphatic heterocycles. The van der Waals surface area contributed by atoms with Gasteiger partial charge in [-0.25, -0.2) is 0 Å². The smallest absolute Gasteiger partial charge is 0.144 e. The Balaban J connectivity index is 2.95. The third-order valence-electron chi connectivity index (χ3n) is 2.14. The molecule has 0 bridgehead atoms. The molecule has 104 valence electrons. The fourth-order valence-corrected chi connectivity index (χ4v) is 1.87. The highest BCUT2D eigenvalue weighted by Crippen LogP contribution is 2.23. The van der Waals surface area contributed by atoms with Gasteiger partial charge in [0, 0.05) is 10.6 Å². The molecule has 1 aromatic carbocycles. The average molecular weight is 300 g/mol. The zero-order chi connectivity index (χ0) is 14.5. The van der Waals surface area contributed by atoms with Crippen LogP contribution in [-0.2, 0) is 11.4 Å². The molecule has 1 unspecified atom stereocenters. The van der Waals surface area contributed by atoms with Crippen molar-refractivity contribution in [2.45, 2.75) is 25.5 Å². The Morgan fingerprint density at radius 2 is 2.16 bits per heavy atom. The van der Waals surface area contributed by atoms with Crippen LogP contribution in [0, 0.1) is 0 Å². The monoisotopic (exact) mass is 299 g/mol. The van der Waals surface area contributed by atoms with Crippen molar-refractivity contribution in [1.29, 1.82) is 0 Å². The predicted octanol–water partition coefficient (Wildman–Crippen LogP) is 3.79. The first-order chi connectivity index (χ1) is 8.84. The van der Waals surface area contributed by atoms with Crippen LogP contribution in [0.2, 0.25) is 5.02 Å². The molecular formula is C14H18ClNO2S. The van der Waals surface area contributed by atoms with Gasteiger partial charge < -0.3 is 9.29 Å². The first-order valence-corrected chi connectivity index (χ1v) is 7.32. The van der Waals surface area contributed by atoms with Crippen LogP contribution < -0.4 is 4.74 Å². The number of hydrogen-bond acceptors (Lipinski definition) is 3. The lowest BCUT2D eigenvalue weighted by molar-refractivity contribution is 0.363. The van der Waals surface area contributed by atoms with Gasteiger partial charge in [-0.3, -0.25) is 0 Å². The molecule has 0 aromatic heterocycles. The van der Waals surface area contributed by atoms with Gasteiger partial charge in [-0.1, -0.05) is 28.7 Å². The summed E-state index contributed by atoms with van der Waals surface area (Å²) in [5.41, 5.74) is 0.701. The van der Waals surface area contributed by atoms with Crippen LogP contribution in [0.3, 0.4) is 0 Å². The Hall–Kier alpha value is -0.970. The van der Waals surface area contributed by atoms with Crippen LogP contribution in [-0.4, -0.2) is 22.1 Å². The van der Waals surface area contributed by atoms with Crippen molar-refractivity contribution in [3.63, 3.8) is 0 Å². The molecule has 0 amide bonds. The second-order valence-electron chi connectivity index (χ2n) is 4.88. The molecule has 3 nitrogen and oxygen atoms in total. The highest BCUT2D eigenvalue weighted by atomic mass is 35.5. The average Bonchev–Trinajstić information content (AvgIpc) is 2.33. The van der Waals surface area contributed by atoms with Gasteiger partial charge in [0.25, 0.3) is 0 Å². The lowest BCUT2D eigenvalue weighted by Gasteiger charge is -2.17. The minimum atomic E-state index is -1.31. The Kier molecular flexibility index (Phi) is 5.91. The van der Waals surface area contributed by atoms with E-state index in [1.165, 1.54) is 6.21 Å². The molecule has 0 aliphatic carbocycles. The first-order valence-electron chi connectivity index (χ1n) is 5.84. The van der Waals surface area contributed by atoms with E-state index in [4.69, 9.17) is 16.3 Å². The summed E-state index contributed by atoms with van der Waals surface area (Å²) in [5.74, 6) is 0.638. The summed E-state index contributed by atoms with van der Waals surface area (Å²) in [6, 6.07) is 5.22. The van der Waals surface area contributed by atoms with Crippen LogP contribution in [0.4, 0.5) is 0 Å². The molecule has 1 aromatic rings. The van der Waals surface area contributed by atoms with E-state index in [9.17, 15) is 4.55 Å². The number of benzene rings is 1. The van der Waals surface area contributed by atoms with Crippen molar-refractivity contribution in [2.24, 2.45) is 4.40 Å². The number of hydrogen-bond donors (Lipinski definition) is 0. The SMILES string of the molecule is C=CCOc1ccc(Cl)cc1/C=N/[S+]([O-])C(C)(C)C. The normalized spacial score (nSPS) is 13.5. The minimum absolute atomic E-state index is 0.392. The third kappa shape index (κ3) is 5.27. The van der Waals surface area contributed by atoms with E-state index >= 15 is 0 Å². The quantitative estimate of drug-likeness (QED) is 0.472. The maximum atomic E-state index is 11.9. The molecule has 0 heterocycles. The lowest BCUT2D eigenvalue weighted by Crippen LogP contribution is -2.25. The lowest BCUT2D eigenvalue weighted by atomic mass is 10.2. The molecule has 0 spiro atoms. The van der Waals surface area contributed by atoms with E-state index in [1.54, 1.807) is 24.3 Å². The van der Waals surface area contributed by atoms with E-state index in [1.807, 2.05) is 20.8 Å². The fourth-order valence-electron chi connectivity index (χ4n) is 1.16. The molecule has 0 fully saturated rings. The Morgan fingerprint density at radius 1 is 1.47 bits per heavy atom. The Morgan fingerprint density at radius 3 is 2.74 bits per heavy atom. The second kappa shape index (κ2) is 6.98. The summed E-state index contributed by atoms with van der Waals surface area (Å²) in [5, 5.41) is 0.578. The van der Waals surface area contributed by atoms with Gasteiger partial charge in [0.2, 0.25) is 0 Å². The molecule has 0 radical (unpaired) electrons. The molecule has 0 saturated heterocycles. The first kappa shape index (κ1) is 16.1. The largest absolute Gasteiger partial charge is 0.591 e. The van der Waals surface area contributed by atoms with Crippen LogP contribution in [0.25, 0.3) is 0 Å². The molecule has 0 saturated carbocycles. The van der Waals surface area contributed by atoms with E-state index < -0.39 is 16.1 Å². The maximum absolute atomic E-state index is 11.9. The van der Waals surface area contributed by atoms with E-state index in [0.717, 1.165) is 0 Å². The summed E-state index contributed by atoms with van der Waals surface area (Å²) in [6.07, 6.45) is 3.19. The number of halogens is 1. The van der Waals surface area contributed by atoms with Crippen LogP contribution in [0.1, 0.15) is 26.3 Å². The highest BCUT2D eigenvalue weighted by molar-refractivity contribution is 7.91. The van der Waals surface area contributed by atoms with E-state index in [0.29, 0.717) is 22.9 Å². The van der Waals surface area contributed by atoms with Gasteiger partial charge >= 0.3 is 0 Å². The number of ether oxygens (including phenoxy) is 1. The van der Waals surface area contributed by atoms with Crippen LogP contribution >= 0.6 is 11.6 Å². The summed E-state index contributed by atoms with van der Waals surface area (Å²) in [6.45, 7) is 9.60. The van der Waals surface area contributed by atoms with Gasteiger partial charge in [0.15, 0.2) is 0 Å². The van der Waals surface area contributed by atoms with Gasteiger partial charge in [0.1, 0.15) is 28.5 Å². The molecule has 1 atom stereocenters. The predicted molar refractivity (Wildman–Crippen MR) is 82.6 cm³/mol. The van der Waals surface area contributed by atoms with Gasteiger partial charge in [-0.2, -0.15) is 0 Å². The number of nitrogens with zero attached hydrogens (tertiary/aromatic N) is 1. The van der Waals surface area contributed by atoms with Crippen LogP contribution in [0.15, 0.2) is 35.3 Å². The van der Waals surface area contributed by atoms with Gasteiger partial charge in [-0.15, -0.1) is 0 Å². The standard InChI is InChI=1S/C14H18ClNO2S/c1-5-8-18-13-7-6-12(15)9-11(13)10-16-19(17)14(2,3)4/h5-7,9-10H,1,8H2,2-4H3/b16-10+. The van der Waals surface area contributed by atoms with Crippen molar-refractivity contribution < 1.29 is 9.29 Å². The highest BCUT2D eigenvalue weighted by Gasteiger charge is 2.25. The molecule has 19 heavy (non-hydrogen) atoms. The Labute approximate surface area is 122 Å². The zero-order valence-electron chi connectivity index (χ0n) is 11.4. The molecule has 0 aliphatic rings. The van der Waals surface area contributed by atoms with Crippen molar-refractivity contribution in [3.8, 4) is 5.75 Å². The van der Waals surface area contributed by atoms with Crippen molar-refractivity contribution >= 4 is 29.2 Å². The summed E-state index contributed by atoms with van der Waals surface area (Å²) < 4.78 is 21.0. The van der Waals surface area contributed by atoms with Gasteiger partial charge in [0.05, 0.1) is 6.21 Å². The van der Waals surface area contributed by atoms with Crippen molar-refractivity contribution in [3.05, 3.63) is 41.4 Å². The summed E-state index contributed by atoms with van der Waals surface area (Å²) >= 11 is 4.64. The van der Waals surface area contributed by atoms with Crippen molar-refractivity contribution in [1.82, 2.24) is 0 Å². The molecule has 1 rings (SSSR count). The number of rotatable bonds is 5. The molecular weight excluding hydrogens is 282 g/mol. The van der Waals surface area contributed by atoms with Gasteiger partial charge in [-0.05, 0) is 39.0 Å². The summed E-state index contributed by atoms with van der Waals surface area (Å²) in [7, 11) is 0. The minimum Gasteiger partial charge on any atom is -0.591 e. The van der Waals surface area contributed by atoms with Crippen LogP contribution in [0.5, 0.6) is 5.75 Å². The fraction of sp³-hybridized carbons (Fsp3) is 0.357. The van der Waals surface area contributed by atoms with E-state index in [-0.39, 0.29) is 0 Å². The van der Waals surface area contributed by atoms with E-state index in [2.05, 4.69) is 11.0 Å². The zero-order valence-corrected chi connectivity index (χ0v) is 12.9. The summed E-state index contributed by atoms with van der Waals surface area (Å²) in [4.78, 5) is 0. The third-order valence-corrected chi connectivity index (χ3v) is 3.72. The topological polar surface area (TPSA) is 44.6 Å². The second-order valence-corrected chi connectivity index (χ2v) is 7.25. The maximum Gasteiger partial charge on any atom is 0.144 e. The molecule has 5 heteroatoms. The van der Waals surface area contributed by atoms with Crippen molar-refractivity contribution in [2.75, 3.05) is 6.61 Å². The Bertz CT molecular complexity index is 469. The molecule has 0 N–H and O–H groups in total.